The van der Waals surface area contributed by atoms with E-state index in [2.05, 4.69) is 20.9 Å². The van der Waals surface area contributed by atoms with Crippen LogP contribution in [0.3, 0.4) is 0 Å². The Balaban J connectivity index is 1.92. The molecule has 1 atom stereocenters. The van der Waals surface area contributed by atoms with E-state index < -0.39 is 5.82 Å². The predicted molar refractivity (Wildman–Crippen MR) is 77.3 cm³/mol. The molecule has 2 aromatic rings. The van der Waals surface area contributed by atoms with E-state index in [1.807, 2.05) is 0 Å². The van der Waals surface area contributed by atoms with Crippen molar-refractivity contribution >= 4 is 26.8 Å². The third-order valence-electron chi connectivity index (χ3n) is 3.56. The zero-order valence-corrected chi connectivity index (χ0v) is 12.4. The van der Waals surface area contributed by atoms with Gasteiger partial charge in [0.2, 0.25) is 0 Å². The second-order valence-corrected chi connectivity index (χ2v) is 5.87. The summed E-state index contributed by atoms with van der Waals surface area (Å²) in [6, 6.07) is 2.92. The number of nitrogens with zero attached hydrogens (tertiary/aromatic N) is 2. The summed E-state index contributed by atoms with van der Waals surface area (Å²) in [6.07, 6.45) is 4.53. The minimum atomic E-state index is -0.488. The van der Waals surface area contributed by atoms with Crippen molar-refractivity contribution in [3.63, 3.8) is 0 Å². The van der Waals surface area contributed by atoms with Gasteiger partial charge in [0.1, 0.15) is 5.52 Å². The molecule has 1 aliphatic heterocycles. The fraction of sp³-hybridized carbons (Fsp3) is 0.429. The second-order valence-electron chi connectivity index (χ2n) is 4.95. The third-order valence-corrected chi connectivity index (χ3v) is 4.02. The average molecular weight is 341 g/mol. The van der Waals surface area contributed by atoms with Crippen molar-refractivity contribution < 1.29 is 9.13 Å². The van der Waals surface area contributed by atoms with Gasteiger partial charge < -0.3 is 4.74 Å². The molecular formula is C14H14BrFN2O2. The number of halogens is 2. The fourth-order valence-corrected chi connectivity index (χ4v) is 2.94. The standard InChI is InChI=1S/C14H14BrFN2O2/c15-9-6-11-13(12(16)7-9)17-8-18(14(11)19)4-3-10-2-1-5-20-10/h6-8,10H,1-5H2. The van der Waals surface area contributed by atoms with E-state index in [0.717, 1.165) is 25.9 Å². The van der Waals surface area contributed by atoms with E-state index in [9.17, 15) is 9.18 Å². The van der Waals surface area contributed by atoms with Crippen LogP contribution in [0, 0.1) is 5.82 Å². The Labute approximate surface area is 123 Å². The van der Waals surface area contributed by atoms with Gasteiger partial charge >= 0.3 is 0 Å². The van der Waals surface area contributed by atoms with E-state index in [-0.39, 0.29) is 17.2 Å². The van der Waals surface area contributed by atoms with Crippen LogP contribution in [0.25, 0.3) is 10.9 Å². The first-order valence-electron chi connectivity index (χ1n) is 6.61. The van der Waals surface area contributed by atoms with Crippen molar-refractivity contribution in [2.75, 3.05) is 6.61 Å². The quantitative estimate of drug-likeness (QED) is 0.862. The van der Waals surface area contributed by atoms with Gasteiger partial charge in [-0.1, -0.05) is 15.9 Å². The SMILES string of the molecule is O=c1c2cc(Br)cc(F)c2ncn1CCC1CCCO1. The summed E-state index contributed by atoms with van der Waals surface area (Å²) in [4.78, 5) is 16.4. The lowest BCUT2D eigenvalue weighted by molar-refractivity contribution is 0.100. The van der Waals surface area contributed by atoms with Crippen LogP contribution in [0.2, 0.25) is 0 Å². The van der Waals surface area contributed by atoms with Crippen molar-refractivity contribution in [2.45, 2.75) is 31.9 Å². The first-order chi connectivity index (χ1) is 9.65. The molecule has 0 radical (unpaired) electrons. The molecular weight excluding hydrogens is 327 g/mol. The maximum Gasteiger partial charge on any atom is 0.261 e. The molecule has 0 amide bonds. The Kier molecular flexibility index (Phi) is 3.85. The number of aryl methyl sites for hydroxylation is 1. The van der Waals surface area contributed by atoms with Crippen LogP contribution in [0.1, 0.15) is 19.3 Å². The molecule has 2 heterocycles. The van der Waals surface area contributed by atoms with Crippen LogP contribution >= 0.6 is 15.9 Å². The third kappa shape index (κ3) is 2.62. The Morgan fingerprint density at radius 1 is 1.50 bits per heavy atom. The maximum atomic E-state index is 13.7. The Morgan fingerprint density at radius 2 is 2.35 bits per heavy atom. The molecule has 20 heavy (non-hydrogen) atoms. The molecule has 1 aromatic heterocycles. The van der Waals surface area contributed by atoms with Crippen LogP contribution in [0.5, 0.6) is 0 Å². The molecule has 6 heteroatoms. The average Bonchev–Trinajstić information content (AvgIpc) is 2.92. The van der Waals surface area contributed by atoms with Gasteiger partial charge in [0.25, 0.3) is 5.56 Å². The lowest BCUT2D eigenvalue weighted by Crippen LogP contribution is -2.23. The first kappa shape index (κ1) is 13.7. The number of aromatic nitrogens is 2. The first-order valence-corrected chi connectivity index (χ1v) is 7.40. The molecule has 0 aliphatic carbocycles. The van der Waals surface area contributed by atoms with E-state index in [0.29, 0.717) is 16.4 Å². The number of ether oxygens (including phenoxy) is 1. The normalized spacial score (nSPS) is 18.8. The summed E-state index contributed by atoms with van der Waals surface area (Å²) in [5.41, 5.74) is -0.0974. The van der Waals surface area contributed by atoms with Crippen molar-refractivity contribution in [3.05, 3.63) is 39.1 Å². The summed E-state index contributed by atoms with van der Waals surface area (Å²) in [6.45, 7) is 1.34. The highest BCUT2D eigenvalue weighted by atomic mass is 79.9. The Morgan fingerprint density at radius 3 is 3.10 bits per heavy atom. The molecule has 0 spiro atoms. The van der Waals surface area contributed by atoms with Gasteiger partial charge in [0.15, 0.2) is 5.82 Å². The molecule has 0 N–H and O–H groups in total. The van der Waals surface area contributed by atoms with Gasteiger partial charge in [-0.05, 0) is 31.4 Å². The Bertz CT molecular complexity index is 695. The Hall–Kier alpha value is -1.27. The van der Waals surface area contributed by atoms with E-state index >= 15 is 0 Å². The number of benzene rings is 1. The van der Waals surface area contributed by atoms with Crippen LogP contribution < -0.4 is 5.56 Å². The molecule has 1 aliphatic rings. The summed E-state index contributed by atoms with van der Waals surface area (Å²) in [7, 11) is 0. The largest absolute Gasteiger partial charge is 0.378 e. The maximum absolute atomic E-state index is 13.7. The molecule has 106 valence electrons. The fourth-order valence-electron chi connectivity index (χ4n) is 2.51. The minimum absolute atomic E-state index is 0.117. The summed E-state index contributed by atoms with van der Waals surface area (Å²) < 4.78 is 21.3. The number of hydrogen-bond acceptors (Lipinski definition) is 3. The molecule has 3 rings (SSSR count). The molecule has 1 unspecified atom stereocenters. The lowest BCUT2D eigenvalue weighted by Gasteiger charge is -2.11. The highest BCUT2D eigenvalue weighted by Crippen LogP contribution is 2.19. The van der Waals surface area contributed by atoms with Gasteiger partial charge in [-0.2, -0.15) is 0 Å². The molecule has 0 bridgehead atoms. The van der Waals surface area contributed by atoms with Crippen LogP contribution in [-0.4, -0.2) is 22.3 Å². The zero-order chi connectivity index (χ0) is 14.1. The molecule has 1 aromatic carbocycles. The van der Waals surface area contributed by atoms with Gasteiger partial charge in [-0.25, -0.2) is 9.37 Å². The second kappa shape index (κ2) is 5.61. The van der Waals surface area contributed by atoms with Crippen molar-refractivity contribution in [3.8, 4) is 0 Å². The highest BCUT2D eigenvalue weighted by molar-refractivity contribution is 9.10. The monoisotopic (exact) mass is 340 g/mol. The summed E-state index contributed by atoms with van der Waals surface area (Å²) in [5, 5.41) is 0.298. The van der Waals surface area contributed by atoms with Crippen molar-refractivity contribution in [2.24, 2.45) is 0 Å². The van der Waals surface area contributed by atoms with Gasteiger partial charge in [-0.15, -0.1) is 0 Å². The zero-order valence-electron chi connectivity index (χ0n) is 10.8. The number of rotatable bonds is 3. The van der Waals surface area contributed by atoms with Gasteiger partial charge in [0, 0.05) is 17.6 Å². The van der Waals surface area contributed by atoms with E-state index in [1.54, 1.807) is 6.07 Å². The summed E-state index contributed by atoms with van der Waals surface area (Å²) >= 11 is 3.20. The van der Waals surface area contributed by atoms with Crippen molar-refractivity contribution in [1.82, 2.24) is 9.55 Å². The number of hydrogen-bond donors (Lipinski definition) is 0. The van der Waals surface area contributed by atoms with Gasteiger partial charge in [-0.3, -0.25) is 9.36 Å². The van der Waals surface area contributed by atoms with Crippen LogP contribution in [0.4, 0.5) is 4.39 Å². The highest BCUT2D eigenvalue weighted by Gasteiger charge is 2.16. The van der Waals surface area contributed by atoms with E-state index in [4.69, 9.17) is 4.74 Å². The molecule has 0 saturated carbocycles. The van der Waals surface area contributed by atoms with Crippen LogP contribution in [-0.2, 0) is 11.3 Å². The van der Waals surface area contributed by atoms with Crippen LogP contribution in [0.15, 0.2) is 27.7 Å². The molecule has 4 nitrogen and oxygen atoms in total. The number of fused-ring (bicyclic) bond motifs is 1. The minimum Gasteiger partial charge on any atom is -0.378 e. The smallest absolute Gasteiger partial charge is 0.261 e. The topological polar surface area (TPSA) is 44.1 Å². The van der Waals surface area contributed by atoms with E-state index in [1.165, 1.54) is 17.0 Å². The lowest BCUT2D eigenvalue weighted by atomic mass is 10.2. The molecule has 1 fully saturated rings. The summed E-state index contributed by atoms with van der Waals surface area (Å²) in [5.74, 6) is -0.488. The van der Waals surface area contributed by atoms with Gasteiger partial charge in [0.05, 0.1) is 17.8 Å². The van der Waals surface area contributed by atoms with Crippen molar-refractivity contribution in [1.29, 1.82) is 0 Å². The predicted octanol–water partition coefficient (Wildman–Crippen LogP) is 2.87. The molecule has 1 saturated heterocycles.